The third-order valence-electron chi connectivity index (χ3n) is 4.50. The Labute approximate surface area is 139 Å². The summed E-state index contributed by atoms with van der Waals surface area (Å²) >= 11 is 0. The molecule has 1 aliphatic rings. The van der Waals surface area contributed by atoms with Gasteiger partial charge in [-0.15, -0.1) is 0 Å². The molecule has 1 aromatic heterocycles. The van der Waals surface area contributed by atoms with E-state index in [0.717, 1.165) is 23.4 Å². The first-order chi connectivity index (χ1) is 11.4. The van der Waals surface area contributed by atoms with Crippen molar-refractivity contribution in [1.29, 1.82) is 0 Å². The number of aryl methyl sites for hydroxylation is 2. The molecule has 0 bridgehead atoms. The monoisotopic (exact) mass is 328 g/mol. The summed E-state index contributed by atoms with van der Waals surface area (Å²) in [5.41, 5.74) is 3.78. The molecule has 0 fully saturated rings. The fourth-order valence-corrected chi connectivity index (χ4v) is 3.22. The van der Waals surface area contributed by atoms with E-state index in [1.54, 1.807) is 30.5 Å². The number of nitrogens with one attached hydrogen (secondary N) is 1. The summed E-state index contributed by atoms with van der Waals surface area (Å²) in [4.78, 5) is 26.0. The van der Waals surface area contributed by atoms with Crippen molar-refractivity contribution in [3.8, 4) is 0 Å². The summed E-state index contributed by atoms with van der Waals surface area (Å²) in [5.74, 6) is -1.10. The summed E-state index contributed by atoms with van der Waals surface area (Å²) in [6.07, 6.45) is 0.770. The van der Waals surface area contributed by atoms with Crippen molar-refractivity contribution in [1.82, 2.24) is 15.1 Å². The van der Waals surface area contributed by atoms with Gasteiger partial charge in [0.15, 0.2) is 6.04 Å². The Kier molecular flexibility index (Phi) is 4.01. The molecule has 1 aliphatic heterocycles. The molecule has 7 heteroatoms. The first kappa shape index (κ1) is 16.0. The zero-order valence-electron chi connectivity index (χ0n) is 13.9. The maximum Gasteiger partial charge on any atom is 0.331 e. The lowest BCUT2D eigenvalue weighted by Crippen LogP contribution is -2.43. The van der Waals surface area contributed by atoms with Gasteiger partial charge in [-0.3, -0.25) is 9.58 Å². The summed E-state index contributed by atoms with van der Waals surface area (Å²) in [7, 11) is 1.75. The van der Waals surface area contributed by atoms with Crippen LogP contribution in [0, 0.1) is 13.8 Å². The first-order valence-corrected chi connectivity index (χ1v) is 7.79. The van der Waals surface area contributed by atoms with E-state index in [-0.39, 0.29) is 0 Å². The second-order valence-corrected chi connectivity index (χ2v) is 5.96. The number of carboxylic acids is 1. The van der Waals surface area contributed by atoms with Gasteiger partial charge in [0.05, 0.1) is 5.69 Å². The molecule has 3 rings (SSSR count). The lowest BCUT2D eigenvalue weighted by molar-refractivity contribution is -0.139. The highest BCUT2D eigenvalue weighted by molar-refractivity contribution is 5.96. The van der Waals surface area contributed by atoms with Crippen molar-refractivity contribution in [2.75, 3.05) is 11.4 Å². The van der Waals surface area contributed by atoms with E-state index in [0.29, 0.717) is 17.8 Å². The highest BCUT2D eigenvalue weighted by Crippen LogP contribution is 2.28. The molecule has 2 N–H and O–H groups in total. The molecular formula is C17H20N4O3. The largest absolute Gasteiger partial charge is 0.479 e. The number of carboxylic acid groups (broad SMARTS) is 1. The summed E-state index contributed by atoms with van der Waals surface area (Å²) in [6, 6.07) is 6.12. The van der Waals surface area contributed by atoms with Crippen molar-refractivity contribution in [3.63, 3.8) is 0 Å². The van der Waals surface area contributed by atoms with Crippen molar-refractivity contribution >= 4 is 17.7 Å². The molecule has 126 valence electrons. The van der Waals surface area contributed by atoms with Gasteiger partial charge in [-0.25, -0.2) is 9.59 Å². The molecule has 2 amide bonds. The van der Waals surface area contributed by atoms with Gasteiger partial charge in [0.2, 0.25) is 0 Å². The number of amides is 2. The second-order valence-electron chi connectivity index (χ2n) is 5.96. The summed E-state index contributed by atoms with van der Waals surface area (Å²) in [5, 5.41) is 16.5. The molecule has 1 atom stereocenters. The Bertz CT molecular complexity index is 812. The van der Waals surface area contributed by atoms with Gasteiger partial charge in [0, 0.05) is 30.5 Å². The lowest BCUT2D eigenvalue weighted by Gasteiger charge is -2.22. The Hall–Kier alpha value is -2.83. The maximum absolute atomic E-state index is 12.6. The Morgan fingerprint density at radius 3 is 2.62 bits per heavy atom. The molecule has 2 heterocycles. The molecule has 2 aromatic rings. The van der Waals surface area contributed by atoms with Crippen LogP contribution >= 0.6 is 0 Å². The number of aliphatic carboxylic acids is 1. The average molecular weight is 328 g/mol. The minimum Gasteiger partial charge on any atom is -0.479 e. The van der Waals surface area contributed by atoms with E-state index >= 15 is 0 Å². The van der Waals surface area contributed by atoms with E-state index in [1.165, 1.54) is 0 Å². The Morgan fingerprint density at radius 2 is 2.00 bits per heavy atom. The molecule has 7 nitrogen and oxygen atoms in total. The predicted molar refractivity (Wildman–Crippen MR) is 89.1 cm³/mol. The van der Waals surface area contributed by atoms with Crippen molar-refractivity contribution in [2.45, 2.75) is 26.3 Å². The number of nitrogens with zero attached hydrogens (tertiary/aromatic N) is 3. The van der Waals surface area contributed by atoms with Crippen LogP contribution in [0.25, 0.3) is 0 Å². The molecule has 0 saturated carbocycles. The summed E-state index contributed by atoms with van der Waals surface area (Å²) in [6.45, 7) is 4.08. The Balaban J connectivity index is 1.87. The fraction of sp³-hybridized carbons (Fsp3) is 0.353. The molecule has 0 radical (unpaired) electrons. The predicted octanol–water partition coefficient (Wildman–Crippen LogP) is 1.93. The minimum atomic E-state index is -1.13. The van der Waals surface area contributed by atoms with E-state index in [9.17, 15) is 14.7 Å². The van der Waals surface area contributed by atoms with E-state index in [1.807, 2.05) is 24.3 Å². The average Bonchev–Trinajstić information content (AvgIpc) is 3.07. The van der Waals surface area contributed by atoms with Gasteiger partial charge in [-0.2, -0.15) is 5.10 Å². The minimum absolute atomic E-state index is 0.407. The van der Waals surface area contributed by atoms with Crippen LogP contribution in [0.4, 0.5) is 10.5 Å². The molecular weight excluding hydrogens is 308 g/mol. The number of benzene rings is 1. The number of carbonyl (C=O) groups is 2. The van der Waals surface area contributed by atoms with Crippen LogP contribution in [0.1, 0.15) is 28.6 Å². The van der Waals surface area contributed by atoms with Crippen LogP contribution in [-0.2, 0) is 18.3 Å². The number of rotatable bonds is 3. The van der Waals surface area contributed by atoms with Crippen molar-refractivity contribution in [3.05, 3.63) is 46.8 Å². The second kappa shape index (κ2) is 5.99. The quantitative estimate of drug-likeness (QED) is 0.901. The zero-order valence-corrected chi connectivity index (χ0v) is 13.9. The molecule has 1 aromatic carbocycles. The molecule has 0 aliphatic carbocycles. The van der Waals surface area contributed by atoms with Crippen LogP contribution in [0.2, 0.25) is 0 Å². The third-order valence-corrected chi connectivity index (χ3v) is 4.50. The molecule has 1 unspecified atom stereocenters. The number of hydrogen-bond donors (Lipinski definition) is 2. The SMILES string of the molecule is Cc1nn(C)c(C)c1C(NC(=O)N1CCc2ccccc21)C(=O)O. The van der Waals surface area contributed by atoms with Gasteiger partial charge in [0.1, 0.15) is 0 Å². The normalized spacial score (nSPS) is 14.4. The van der Waals surface area contributed by atoms with E-state index < -0.39 is 18.0 Å². The van der Waals surface area contributed by atoms with E-state index in [4.69, 9.17) is 0 Å². The van der Waals surface area contributed by atoms with Gasteiger partial charge in [-0.1, -0.05) is 18.2 Å². The van der Waals surface area contributed by atoms with Gasteiger partial charge in [0.25, 0.3) is 0 Å². The number of hydrogen-bond acceptors (Lipinski definition) is 3. The van der Waals surface area contributed by atoms with Crippen LogP contribution in [0.3, 0.4) is 0 Å². The number of carbonyl (C=O) groups excluding carboxylic acids is 1. The fourth-order valence-electron chi connectivity index (χ4n) is 3.22. The highest BCUT2D eigenvalue weighted by atomic mass is 16.4. The van der Waals surface area contributed by atoms with Crippen LogP contribution < -0.4 is 10.2 Å². The number of anilines is 1. The zero-order chi connectivity index (χ0) is 17.4. The van der Waals surface area contributed by atoms with Crippen LogP contribution in [-0.4, -0.2) is 33.4 Å². The van der Waals surface area contributed by atoms with Crippen molar-refractivity contribution in [2.24, 2.45) is 7.05 Å². The Morgan fingerprint density at radius 1 is 1.29 bits per heavy atom. The standard InChI is InChI=1S/C17H20N4O3/c1-10-14(11(2)20(3)19-10)15(16(22)23)18-17(24)21-9-8-12-6-4-5-7-13(12)21/h4-7,15H,8-9H2,1-3H3,(H,18,24)(H,22,23). The maximum atomic E-state index is 12.6. The molecule has 24 heavy (non-hydrogen) atoms. The van der Waals surface area contributed by atoms with Gasteiger partial charge >= 0.3 is 12.0 Å². The number of para-hydroxylation sites is 1. The summed E-state index contributed by atoms with van der Waals surface area (Å²) < 4.78 is 1.62. The first-order valence-electron chi connectivity index (χ1n) is 7.79. The topological polar surface area (TPSA) is 87.5 Å². The smallest absolute Gasteiger partial charge is 0.331 e. The van der Waals surface area contributed by atoms with Crippen molar-refractivity contribution < 1.29 is 14.7 Å². The van der Waals surface area contributed by atoms with Gasteiger partial charge in [-0.05, 0) is 31.9 Å². The lowest BCUT2D eigenvalue weighted by atomic mass is 10.1. The third kappa shape index (κ3) is 2.62. The number of urea groups is 1. The van der Waals surface area contributed by atoms with E-state index in [2.05, 4.69) is 10.4 Å². The van der Waals surface area contributed by atoms with Crippen LogP contribution in [0.5, 0.6) is 0 Å². The molecule has 0 spiro atoms. The highest BCUT2D eigenvalue weighted by Gasteiger charge is 2.32. The number of fused-ring (bicyclic) bond motifs is 1. The molecule has 0 saturated heterocycles. The van der Waals surface area contributed by atoms with Gasteiger partial charge < -0.3 is 10.4 Å². The number of aromatic nitrogens is 2. The van der Waals surface area contributed by atoms with Crippen LogP contribution in [0.15, 0.2) is 24.3 Å².